The van der Waals surface area contributed by atoms with Crippen molar-refractivity contribution >= 4 is 29.1 Å². The van der Waals surface area contributed by atoms with E-state index in [1.54, 1.807) is 16.5 Å². The number of carbonyl (C=O) groups excluding carboxylic acids is 1. The first-order chi connectivity index (χ1) is 16.6. The highest BCUT2D eigenvalue weighted by Gasteiger charge is 2.29. The van der Waals surface area contributed by atoms with Crippen molar-refractivity contribution in [2.45, 2.75) is 19.4 Å². The van der Waals surface area contributed by atoms with Gasteiger partial charge in [0, 0.05) is 56.3 Å². The molecule has 2 atom stereocenters. The molecule has 0 spiro atoms. The summed E-state index contributed by atoms with van der Waals surface area (Å²) in [5, 5.41) is 16.8. The van der Waals surface area contributed by atoms with Crippen molar-refractivity contribution in [3.63, 3.8) is 0 Å². The molecule has 1 N–H and O–H groups in total. The highest BCUT2D eigenvalue weighted by Crippen LogP contribution is 2.30. The van der Waals surface area contributed by atoms with Gasteiger partial charge in [-0.15, -0.1) is 0 Å². The Morgan fingerprint density at radius 3 is 2.65 bits per heavy atom. The van der Waals surface area contributed by atoms with Crippen molar-refractivity contribution in [1.82, 2.24) is 24.2 Å². The van der Waals surface area contributed by atoms with E-state index in [0.717, 1.165) is 31.7 Å². The van der Waals surface area contributed by atoms with E-state index in [9.17, 15) is 10.1 Å². The summed E-state index contributed by atoms with van der Waals surface area (Å²) in [6.45, 7) is 6.61. The molecule has 0 saturated carbocycles. The number of nitrogens with one attached hydrogen (secondary N) is 1. The quantitative estimate of drug-likeness (QED) is 0.541. The molecule has 2 aromatic heterocycles. The van der Waals surface area contributed by atoms with Crippen LogP contribution < -0.4 is 15.0 Å². The van der Waals surface area contributed by atoms with E-state index >= 15 is 0 Å². The average molecular weight is 478 g/mol. The monoisotopic (exact) mass is 477 g/mol. The van der Waals surface area contributed by atoms with Crippen molar-refractivity contribution in [3.05, 3.63) is 42.2 Å². The highest BCUT2D eigenvalue weighted by molar-refractivity contribution is 7.96. The smallest absolute Gasteiger partial charge is 0.242 e. The van der Waals surface area contributed by atoms with Gasteiger partial charge in [0.25, 0.3) is 0 Å². The first-order valence-electron chi connectivity index (χ1n) is 11.4. The van der Waals surface area contributed by atoms with Crippen LogP contribution in [0.15, 0.2) is 36.7 Å². The SMILES string of the molecule is CSN1CCN(c2ccc(-c3cn4ncc(C#N)c4c(OC(C)C4CNC(=O)C4)n3)cc2)CC1. The zero-order valence-corrected chi connectivity index (χ0v) is 20.1. The molecular weight excluding hydrogens is 450 g/mol. The number of piperazine rings is 1. The normalized spacial score (nSPS) is 19.7. The summed E-state index contributed by atoms with van der Waals surface area (Å²) < 4.78 is 10.3. The standard InChI is InChI=1S/C24H27N7O2S/c1-16(18-11-22(32)26-13-18)33-24-23-19(12-25)14-27-31(23)15-21(28-24)17-3-5-20(6-4-17)29-7-9-30(34-2)10-8-29/h3-6,14-16,18H,7-11,13H2,1-2H3,(H,26,32). The summed E-state index contributed by atoms with van der Waals surface area (Å²) >= 11 is 1.80. The van der Waals surface area contributed by atoms with Gasteiger partial charge in [0.2, 0.25) is 11.8 Å². The van der Waals surface area contributed by atoms with Crippen molar-refractivity contribution in [3.8, 4) is 23.2 Å². The maximum atomic E-state index is 11.6. The summed E-state index contributed by atoms with van der Waals surface area (Å²) in [6, 6.07) is 10.5. The van der Waals surface area contributed by atoms with Crippen LogP contribution in [0.1, 0.15) is 18.9 Å². The molecule has 176 valence electrons. The average Bonchev–Trinajstić information content (AvgIpc) is 3.50. The Morgan fingerprint density at radius 1 is 1.24 bits per heavy atom. The number of nitriles is 1. The van der Waals surface area contributed by atoms with Crippen LogP contribution in [-0.2, 0) is 4.79 Å². The van der Waals surface area contributed by atoms with E-state index in [2.05, 4.69) is 56.2 Å². The molecule has 0 radical (unpaired) electrons. The number of hydrogen-bond acceptors (Lipinski definition) is 8. The number of fused-ring (bicyclic) bond motifs is 1. The number of rotatable bonds is 6. The molecule has 5 rings (SSSR count). The molecule has 4 heterocycles. The fraction of sp³-hybridized carbons (Fsp3) is 0.417. The number of aromatic nitrogens is 3. The molecule has 3 aromatic rings. The second-order valence-electron chi connectivity index (χ2n) is 8.63. The maximum Gasteiger partial charge on any atom is 0.242 e. The molecule has 2 saturated heterocycles. The van der Waals surface area contributed by atoms with Gasteiger partial charge in [-0.1, -0.05) is 24.1 Å². The first-order valence-corrected chi connectivity index (χ1v) is 12.6. The number of ether oxygens (including phenoxy) is 1. The molecule has 0 aliphatic carbocycles. The lowest BCUT2D eigenvalue weighted by molar-refractivity contribution is -0.119. The zero-order valence-electron chi connectivity index (χ0n) is 19.3. The Bertz CT molecular complexity index is 1230. The third-order valence-electron chi connectivity index (χ3n) is 6.58. The van der Waals surface area contributed by atoms with Crippen molar-refractivity contribution < 1.29 is 9.53 Å². The molecule has 9 nitrogen and oxygen atoms in total. The number of anilines is 1. The van der Waals surface area contributed by atoms with Crippen molar-refractivity contribution in [1.29, 1.82) is 5.26 Å². The van der Waals surface area contributed by atoms with Crippen molar-refractivity contribution in [2.24, 2.45) is 5.92 Å². The summed E-state index contributed by atoms with van der Waals surface area (Å²) in [6.07, 6.45) is 5.65. The topological polar surface area (TPSA) is 98.8 Å². The van der Waals surface area contributed by atoms with Crippen LogP contribution >= 0.6 is 11.9 Å². The minimum absolute atomic E-state index is 0.0318. The van der Waals surface area contributed by atoms with Crippen LogP contribution in [0.2, 0.25) is 0 Å². The largest absolute Gasteiger partial charge is 0.473 e. The highest BCUT2D eigenvalue weighted by atomic mass is 32.2. The minimum Gasteiger partial charge on any atom is -0.473 e. The Labute approximate surface area is 202 Å². The molecule has 0 bridgehead atoms. The van der Waals surface area contributed by atoms with Gasteiger partial charge in [-0.05, 0) is 25.3 Å². The summed E-state index contributed by atoms with van der Waals surface area (Å²) in [5.74, 6) is 0.442. The molecule has 34 heavy (non-hydrogen) atoms. The lowest BCUT2D eigenvalue weighted by atomic mass is 10.0. The second kappa shape index (κ2) is 9.52. The lowest BCUT2D eigenvalue weighted by Gasteiger charge is -2.34. The number of benzene rings is 1. The molecule has 2 aliphatic rings. The molecule has 2 unspecified atom stereocenters. The second-order valence-corrected chi connectivity index (χ2v) is 9.51. The Morgan fingerprint density at radius 2 is 2.00 bits per heavy atom. The fourth-order valence-electron chi connectivity index (χ4n) is 4.49. The van der Waals surface area contributed by atoms with Crippen LogP contribution in [-0.4, -0.2) is 69.9 Å². The van der Waals surface area contributed by atoms with Gasteiger partial charge >= 0.3 is 0 Å². The Hall–Kier alpha value is -3.29. The van der Waals surface area contributed by atoms with E-state index in [-0.39, 0.29) is 17.9 Å². The van der Waals surface area contributed by atoms with Gasteiger partial charge < -0.3 is 15.0 Å². The summed E-state index contributed by atoms with van der Waals surface area (Å²) in [7, 11) is 0. The van der Waals surface area contributed by atoms with Gasteiger partial charge in [0.15, 0.2) is 0 Å². The molecular formula is C24H27N7O2S. The number of carbonyl (C=O) groups is 1. The van der Waals surface area contributed by atoms with Crippen LogP contribution in [0, 0.1) is 17.2 Å². The third-order valence-corrected chi connectivity index (χ3v) is 7.46. The fourth-order valence-corrected chi connectivity index (χ4v) is 5.02. The number of nitrogens with zero attached hydrogens (tertiary/aromatic N) is 6. The maximum absolute atomic E-state index is 11.6. The molecule has 10 heteroatoms. The minimum atomic E-state index is -0.241. The summed E-state index contributed by atoms with van der Waals surface area (Å²) in [4.78, 5) is 18.8. The molecule has 1 aromatic carbocycles. The number of amides is 1. The van der Waals surface area contributed by atoms with E-state index in [4.69, 9.17) is 9.72 Å². The van der Waals surface area contributed by atoms with E-state index < -0.39 is 0 Å². The van der Waals surface area contributed by atoms with E-state index in [0.29, 0.717) is 35.6 Å². The van der Waals surface area contributed by atoms with Crippen molar-refractivity contribution in [2.75, 3.05) is 43.9 Å². The molecule has 2 fully saturated rings. The predicted molar refractivity (Wildman–Crippen MR) is 132 cm³/mol. The van der Waals surface area contributed by atoms with Gasteiger partial charge in [-0.3, -0.25) is 4.79 Å². The van der Waals surface area contributed by atoms with Crippen LogP contribution in [0.4, 0.5) is 5.69 Å². The van der Waals surface area contributed by atoms with Crippen LogP contribution in [0.3, 0.4) is 0 Å². The summed E-state index contributed by atoms with van der Waals surface area (Å²) in [5.41, 5.74) is 3.79. The zero-order chi connectivity index (χ0) is 23.7. The van der Waals surface area contributed by atoms with E-state index in [1.165, 1.54) is 11.9 Å². The molecule has 1 amide bonds. The Balaban J connectivity index is 1.42. The lowest BCUT2D eigenvalue weighted by Crippen LogP contribution is -2.43. The van der Waals surface area contributed by atoms with Gasteiger partial charge in [0.1, 0.15) is 23.3 Å². The van der Waals surface area contributed by atoms with Crippen LogP contribution in [0.5, 0.6) is 5.88 Å². The van der Waals surface area contributed by atoms with Crippen LogP contribution in [0.25, 0.3) is 16.8 Å². The molecule has 2 aliphatic heterocycles. The van der Waals surface area contributed by atoms with E-state index in [1.807, 2.05) is 13.1 Å². The van der Waals surface area contributed by atoms with Gasteiger partial charge in [-0.2, -0.15) is 10.4 Å². The first kappa shape index (κ1) is 22.5. The Kier molecular flexibility index (Phi) is 6.30. The third kappa shape index (κ3) is 4.41. The van der Waals surface area contributed by atoms with Gasteiger partial charge in [0.05, 0.1) is 18.1 Å². The van der Waals surface area contributed by atoms with Gasteiger partial charge in [-0.25, -0.2) is 13.8 Å². The number of hydrogen-bond donors (Lipinski definition) is 1. The predicted octanol–water partition coefficient (Wildman–Crippen LogP) is 2.57.